The first-order valence-corrected chi connectivity index (χ1v) is 6.24. The average Bonchev–Trinajstić information content (AvgIpc) is 2.39. The van der Waals surface area contributed by atoms with Crippen molar-refractivity contribution in [3.05, 3.63) is 58.3 Å². The van der Waals surface area contributed by atoms with Gasteiger partial charge in [-0.2, -0.15) is 0 Å². The van der Waals surface area contributed by atoms with Gasteiger partial charge in [0.25, 0.3) is 0 Å². The lowest BCUT2D eigenvalue weighted by Gasteiger charge is -2.09. The summed E-state index contributed by atoms with van der Waals surface area (Å²) in [6, 6.07) is 7.60. The zero-order chi connectivity index (χ0) is 14.7. The molecule has 0 aliphatic rings. The number of urea groups is 1. The lowest BCUT2D eigenvalue weighted by molar-refractivity contribution is 0.262. The van der Waals surface area contributed by atoms with Gasteiger partial charge in [0, 0.05) is 10.2 Å². The molecular formula is C13H8BrF3N2O. The highest BCUT2D eigenvalue weighted by molar-refractivity contribution is 9.10. The molecular weight excluding hydrogens is 337 g/mol. The van der Waals surface area contributed by atoms with Crippen LogP contribution >= 0.6 is 15.9 Å². The van der Waals surface area contributed by atoms with Gasteiger partial charge in [-0.3, -0.25) is 0 Å². The Morgan fingerprint density at radius 1 is 1.00 bits per heavy atom. The fourth-order valence-electron chi connectivity index (χ4n) is 1.47. The number of carbonyl (C=O) groups excluding carboxylic acids is 1. The van der Waals surface area contributed by atoms with Crippen LogP contribution in [0.2, 0.25) is 0 Å². The summed E-state index contributed by atoms with van der Waals surface area (Å²) < 4.78 is 39.8. The van der Waals surface area contributed by atoms with Crippen LogP contribution in [-0.2, 0) is 0 Å². The van der Waals surface area contributed by atoms with Crippen molar-refractivity contribution >= 4 is 33.3 Å². The van der Waals surface area contributed by atoms with E-state index < -0.39 is 29.2 Å². The van der Waals surface area contributed by atoms with Crippen LogP contribution in [0.4, 0.5) is 29.3 Å². The molecule has 2 aromatic rings. The second kappa shape index (κ2) is 5.96. The van der Waals surface area contributed by atoms with E-state index in [4.69, 9.17) is 0 Å². The Bertz CT molecular complexity index is 664. The monoisotopic (exact) mass is 344 g/mol. The summed E-state index contributed by atoms with van der Waals surface area (Å²) in [7, 11) is 0. The molecule has 0 heterocycles. The predicted octanol–water partition coefficient (Wildman–Crippen LogP) is 4.51. The molecule has 2 aromatic carbocycles. The molecule has 7 heteroatoms. The first kappa shape index (κ1) is 14.4. The molecule has 0 unspecified atom stereocenters. The van der Waals surface area contributed by atoms with E-state index in [-0.39, 0.29) is 0 Å². The minimum Gasteiger partial charge on any atom is -0.308 e. The molecule has 2 N–H and O–H groups in total. The third kappa shape index (κ3) is 3.30. The SMILES string of the molecule is O=C(Nc1cccc(Br)c1)Nc1ccc(F)c(F)c1F. The molecule has 0 atom stereocenters. The van der Waals surface area contributed by atoms with Crippen molar-refractivity contribution in [2.75, 3.05) is 10.6 Å². The summed E-state index contributed by atoms with van der Waals surface area (Å²) in [6.45, 7) is 0. The quantitative estimate of drug-likeness (QED) is 0.773. The number of hydrogen-bond donors (Lipinski definition) is 2. The number of halogens is 4. The van der Waals surface area contributed by atoms with E-state index in [9.17, 15) is 18.0 Å². The maximum Gasteiger partial charge on any atom is 0.323 e. The maximum atomic E-state index is 13.4. The summed E-state index contributed by atoms with van der Waals surface area (Å²) in [6.07, 6.45) is 0. The molecule has 0 aliphatic carbocycles. The zero-order valence-corrected chi connectivity index (χ0v) is 11.5. The standard InChI is InChI=1S/C13H8BrF3N2O/c14-7-2-1-3-8(6-7)18-13(20)19-10-5-4-9(15)11(16)12(10)17/h1-6H,(H2,18,19,20). The summed E-state index contributed by atoms with van der Waals surface area (Å²) in [4.78, 5) is 11.6. The highest BCUT2D eigenvalue weighted by Gasteiger charge is 2.15. The van der Waals surface area contributed by atoms with Crippen molar-refractivity contribution in [3.8, 4) is 0 Å². The average molecular weight is 345 g/mol. The fourth-order valence-corrected chi connectivity index (χ4v) is 1.87. The van der Waals surface area contributed by atoms with Gasteiger partial charge >= 0.3 is 6.03 Å². The molecule has 0 saturated carbocycles. The molecule has 0 fully saturated rings. The molecule has 0 bridgehead atoms. The van der Waals surface area contributed by atoms with E-state index in [1.54, 1.807) is 24.3 Å². The van der Waals surface area contributed by atoms with Crippen LogP contribution in [0.25, 0.3) is 0 Å². The lowest BCUT2D eigenvalue weighted by atomic mass is 10.3. The molecule has 3 nitrogen and oxygen atoms in total. The first-order valence-electron chi connectivity index (χ1n) is 5.44. The largest absolute Gasteiger partial charge is 0.323 e. The third-order valence-electron chi connectivity index (χ3n) is 2.37. The Balaban J connectivity index is 2.11. The number of anilines is 2. The summed E-state index contributed by atoms with van der Waals surface area (Å²) in [5.74, 6) is -4.40. The van der Waals surface area contributed by atoms with Crippen molar-refractivity contribution in [1.82, 2.24) is 0 Å². The van der Waals surface area contributed by atoms with Crippen molar-refractivity contribution in [1.29, 1.82) is 0 Å². The minimum absolute atomic E-state index is 0.448. The molecule has 0 spiro atoms. The van der Waals surface area contributed by atoms with Crippen molar-refractivity contribution in [3.63, 3.8) is 0 Å². The Labute approximate surface area is 120 Å². The third-order valence-corrected chi connectivity index (χ3v) is 2.86. The van der Waals surface area contributed by atoms with Gasteiger partial charge in [0.05, 0.1) is 5.69 Å². The molecule has 0 radical (unpaired) electrons. The number of hydrogen-bond acceptors (Lipinski definition) is 1. The van der Waals surface area contributed by atoms with Crippen LogP contribution in [0.1, 0.15) is 0 Å². The Morgan fingerprint density at radius 3 is 2.45 bits per heavy atom. The van der Waals surface area contributed by atoms with Crippen LogP contribution in [0.5, 0.6) is 0 Å². The van der Waals surface area contributed by atoms with Gasteiger partial charge in [0.1, 0.15) is 0 Å². The van der Waals surface area contributed by atoms with Gasteiger partial charge in [0.15, 0.2) is 17.5 Å². The van der Waals surface area contributed by atoms with Crippen molar-refractivity contribution in [2.24, 2.45) is 0 Å². The number of carbonyl (C=O) groups is 1. The zero-order valence-electron chi connectivity index (χ0n) is 9.88. The highest BCUT2D eigenvalue weighted by atomic mass is 79.9. The van der Waals surface area contributed by atoms with Gasteiger partial charge in [-0.25, -0.2) is 18.0 Å². The Morgan fingerprint density at radius 2 is 1.75 bits per heavy atom. The fraction of sp³-hybridized carbons (Fsp3) is 0. The van der Waals surface area contributed by atoms with E-state index in [1.807, 2.05) is 0 Å². The van der Waals surface area contributed by atoms with Gasteiger partial charge in [0.2, 0.25) is 0 Å². The van der Waals surface area contributed by atoms with Gasteiger partial charge in [-0.1, -0.05) is 22.0 Å². The van der Waals surface area contributed by atoms with Gasteiger partial charge in [-0.15, -0.1) is 0 Å². The van der Waals surface area contributed by atoms with E-state index in [2.05, 4.69) is 26.6 Å². The van der Waals surface area contributed by atoms with E-state index >= 15 is 0 Å². The molecule has 0 saturated heterocycles. The van der Waals surface area contributed by atoms with Crippen LogP contribution in [0, 0.1) is 17.5 Å². The summed E-state index contributed by atoms with van der Waals surface area (Å²) >= 11 is 3.23. The lowest BCUT2D eigenvalue weighted by Crippen LogP contribution is -2.20. The second-order valence-electron chi connectivity index (χ2n) is 3.81. The molecule has 2 rings (SSSR count). The van der Waals surface area contributed by atoms with Crippen LogP contribution in [0.3, 0.4) is 0 Å². The first-order chi connectivity index (χ1) is 9.47. The van der Waals surface area contributed by atoms with Gasteiger partial charge < -0.3 is 10.6 Å². The maximum absolute atomic E-state index is 13.4. The molecule has 0 aromatic heterocycles. The van der Waals surface area contributed by atoms with Gasteiger partial charge in [-0.05, 0) is 30.3 Å². The number of benzene rings is 2. The normalized spacial score (nSPS) is 10.2. The molecule has 0 aliphatic heterocycles. The van der Waals surface area contributed by atoms with E-state index in [0.29, 0.717) is 5.69 Å². The number of amides is 2. The molecule has 20 heavy (non-hydrogen) atoms. The Kier molecular flexibility index (Phi) is 4.29. The summed E-state index contributed by atoms with van der Waals surface area (Å²) in [5, 5.41) is 4.53. The smallest absolute Gasteiger partial charge is 0.308 e. The summed E-state index contributed by atoms with van der Waals surface area (Å²) in [5.41, 5.74) is 0.0104. The van der Waals surface area contributed by atoms with E-state index in [1.165, 1.54) is 0 Å². The van der Waals surface area contributed by atoms with E-state index in [0.717, 1.165) is 16.6 Å². The number of nitrogens with one attached hydrogen (secondary N) is 2. The van der Waals surface area contributed by atoms with Crippen LogP contribution in [-0.4, -0.2) is 6.03 Å². The van der Waals surface area contributed by atoms with Crippen molar-refractivity contribution < 1.29 is 18.0 Å². The van der Waals surface area contributed by atoms with Crippen molar-refractivity contribution in [2.45, 2.75) is 0 Å². The Hall–Kier alpha value is -2.02. The number of rotatable bonds is 2. The highest BCUT2D eigenvalue weighted by Crippen LogP contribution is 2.20. The molecule has 2 amide bonds. The van der Waals surface area contributed by atoms with Crippen LogP contribution < -0.4 is 10.6 Å². The molecule has 104 valence electrons. The second-order valence-corrected chi connectivity index (χ2v) is 4.73. The predicted molar refractivity (Wildman–Crippen MR) is 73.1 cm³/mol. The topological polar surface area (TPSA) is 41.1 Å². The minimum atomic E-state index is -1.63. The van der Waals surface area contributed by atoms with Crippen LogP contribution in [0.15, 0.2) is 40.9 Å².